The van der Waals surface area contributed by atoms with Gasteiger partial charge in [-0.2, -0.15) is 0 Å². The predicted molar refractivity (Wildman–Crippen MR) is 63.2 cm³/mol. The lowest BCUT2D eigenvalue weighted by molar-refractivity contribution is -0.0173. The molecule has 17 heavy (non-hydrogen) atoms. The smallest absolute Gasteiger partial charge is 0.134 e. The molecule has 0 aliphatic heterocycles. The molecular formula is C14H23F3. The van der Waals surface area contributed by atoms with Gasteiger partial charge < -0.3 is 0 Å². The van der Waals surface area contributed by atoms with Crippen LogP contribution in [-0.4, -0.2) is 18.0 Å². The van der Waals surface area contributed by atoms with Crippen LogP contribution in [0.4, 0.5) is 13.2 Å². The second-order valence-corrected chi connectivity index (χ2v) is 6.36. The zero-order valence-electron chi connectivity index (χ0n) is 10.8. The second kappa shape index (κ2) is 4.81. The van der Waals surface area contributed by atoms with E-state index in [1.54, 1.807) is 13.8 Å². The number of alkyl halides is 3. The van der Waals surface area contributed by atoms with Gasteiger partial charge in [0.15, 0.2) is 0 Å². The van der Waals surface area contributed by atoms with E-state index in [2.05, 4.69) is 0 Å². The highest BCUT2D eigenvalue weighted by Gasteiger charge is 2.43. The summed E-state index contributed by atoms with van der Waals surface area (Å²) in [6.45, 7) is 3.41. The summed E-state index contributed by atoms with van der Waals surface area (Å²) in [5.41, 5.74) is -1.08. The van der Waals surface area contributed by atoms with E-state index in [9.17, 15) is 13.2 Å². The summed E-state index contributed by atoms with van der Waals surface area (Å²) in [7, 11) is 0. The van der Waals surface area contributed by atoms with E-state index in [4.69, 9.17) is 0 Å². The molecule has 2 aliphatic rings. The third kappa shape index (κ3) is 2.79. The molecule has 100 valence electrons. The Kier molecular flexibility index (Phi) is 3.74. The topological polar surface area (TPSA) is 0 Å². The van der Waals surface area contributed by atoms with Crippen LogP contribution < -0.4 is 0 Å². The molecule has 0 aromatic rings. The maximum atomic E-state index is 14.0. The monoisotopic (exact) mass is 248 g/mol. The molecule has 0 amide bonds. The Bertz CT molecular complexity index is 254. The number of halogens is 3. The molecule has 0 spiro atoms. The largest absolute Gasteiger partial charge is 0.244 e. The van der Waals surface area contributed by atoms with Crippen LogP contribution in [0, 0.1) is 17.8 Å². The molecule has 0 radical (unpaired) electrons. The van der Waals surface area contributed by atoms with Crippen LogP contribution in [-0.2, 0) is 0 Å². The van der Waals surface area contributed by atoms with Gasteiger partial charge >= 0.3 is 0 Å². The highest BCUT2D eigenvalue weighted by Crippen LogP contribution is 2.45. The lowest BCUT2D eigenvalue weighted by Gasteiger charge is -2.41. The van der Waals surface area contributed by atoms with Crippen molar-refractivity contribution in [3.8, 4) is 0 Å². The van der Waals surface area contributed by atoms with Crippen molar-refractivity contribution in [3.05, 3.63) is 0 Å². The zero-order chi connectivity index (χ0) is 12.6. The summed E-state index contributed by atoms with van der Waals surface area (Å²) >= 11 is 0. The Morgan fingerprint density at radius 3 is 2.12 bits per heavy atom. The Labute approximate surface area is 102 Å². The van der Waals surface area contributed by atoms with Crippen LogP contribution in [0.15, 0.2) is 0 Å². The summed E-state index contributed by atoms with van der Waals surface area (Å²) < 4.78 is 41.4. The Morgan fingerprint density at radius 2 is 1.53 bits per heavy atom. The van der Waals surface area contributed by atoms with Crippen LogP contribution in [0.2, 0.25) is 0 Å². The molecule has 2 saturated carbocycles. The van der Waals surface area contributed by atoms with E-state index >= 15 is 0 Å². The molecule has 0 bridgehead atoms. The summed E-state index contributed by atoms with van der Waals surface area (Å²) in [6.07, 6.45) is 1.37. The Hall–Kier alpha value is -0.210. The predicted octanol–water partition coefficient (Wildman–Crippen LogP) is 4.63. The molecule has 2 aliphatic carbocycles. The first-order chi connectivity index (χ1) is 7.91. The van der Waals surface area contributed by atoms with E-state index < -0.39 is 18.0 Å². The van der Waals surface area contributed by atoms with E-state index in [1.807, 2.05) is 0 Å². The minimum atomic E-state index is -1.33. The Morgan fingerprint density at radius 1 is 0.941 bits per heavy atom. The van der Waals surface area contributed by atoms with Crippen LogP contribution in [0.1, 0.15) is 52.4 Å². The summed E-state index contributed by atoms with van der Waals surface area (Å²) in [4.78, 5) is 0. The van der Waals surface area contributed by atoms with E-state index in [0.29, 0.717) is 12.8 Å². The van der Waals surface area contributed by atoms with Crippen molar-refractivity contribution in [2.24, 2.45) is 17.8 Å². The van der Waals surface area contributed by atoms with Crippen LogP contribution in [0.25, 0.3) is 0 Å². The first kappa shape index (κ1) is 13.2. The fourth-order valence-corrected chi connectivity index (χ4v) is 3.49. The quantitative estimate of drug-likeness (QED) is 0.635. The van der Waals surface area contributed by atoms with Crippen molar-refractivity contribution in [1.29, 1.82) is 0 Å². The fraction of sp³-hybridized carbons (Fsp3) is 1.00. The van der Waals surface area contributed by atoms with Crippen LogP contribution in [0.3, 0.4) is 0 Å². The molecule has 0 aromatic carbocycles. The minimum Gasteiger partial charge on any atom is -0.244 e. The van der Waals surface area contributed by atoms with E-state index in [-0.39, 0.29) is 17.8 Å². The molecule has 2 rings (SSSR count). The van der Waals surface area contributed by atoms with Crippen LogP contribution in [0.5, 0.6) is 0 Å². The van der Waals surface area contributed by atoms with Gasteiger partial charge in [-0.3, -0.25) is 0 Å². The third-order valence-electron chi connectivity index (χ3n) is 4.89. The lowest BCUT2D eigenvalue weighted by atomic mass is 9.68. The Balaban J connectivity index is 1.95. The van der Waals surface area contributed by atoms with Gasteiger partial charge in [-0.05, 0) is 63.2 Å². The van der Waals surface area contributed by atoms with Crippen molar-refractivity contribution >= 4 is 0 Å². The third-order valence-corrected chi connectivity index (χ3v) is 4.89. The van der Waals surface area contributed by atoms with Gasteiger partial charge in [-0.1, -0.05) is 6.92 Å². The van der Waals surface area contributed by atoms with Crippen molar-refractivity contribution in [2.75, 3.05) is 0 Å². The maximum Gasteiger partial charge on any atom is 0.134 e. The standard InChI is InChI=1S/C14H23F3/c1-9-3-4-11(13(16)12(9)15)10-5-7-14(2,17)8-6-10/h9-13H,3-8H2,1-2H3. The molecule has 0 N–H and O–H groups in total. The van der Waals surface area contributed by atoms with E-state index in [1.165, 1.54) is 0 Å². The second-order valence-electron chi connectivity index (χ2n) is 6.36. The summed E-state index contributed by atoms with van der Waals surface area (Å²) in [6, 6.07) is 0. The van der Waals surface area contributed by atoms with Gasteiger partial charge in [0, 0.05) is 0 Å². The van der Waals surface area contributed by atoms with Crippen molar-refractivity contribution < 1.29 is 13.2 Å². The van der Waals surface area contributed by atoms with Crippen molar-refractivity contribution in [3.63, 3.8) is 0 Å². The average molecular weight is 248 g/mol. The molecule has 0 saturated heterocycles. The highest BCUT2D eigenvalue weighted by atomic mass is 19.2. The maximum absolute atomic E-state index is 14.0. The number of hydrogen-bond donors (Lipinski definition) is 0. The molecule has 0 heterocycles. The van der Waals surface area contributed by atoms with Gasteiger partial charge in [0.25, 0.3) is 0 Å². The minimum absolute atomic E-state index is 0.156. The molecule has 2 fully saturated rings. The highest BCUT2D eigenvalue weighted by molar-refractivity contribution is 4.93. The molecule has 0 aromatic heterocycles. The van der Waals surface area contributed by atoms with Crippen LogP contribution >= 0.6 is 0 Å². The first-order valence-electron chi connectivity index (χ1n) is 6.88. The molecule has 0 nitrogen and oxygen atoms in total. The van der Waals surface area contributed by atoms with Gasteiger partial charge in [-0.15, -0.1) is 0 Å². The SMILES string of the molecule is CC1CCC(C2CCC(C)(F)CC2)C(F)C1F. The molecular weight excluding hydrogens is 225 g/mol. The number of rotatable bonds is 1. The normalized spacial score (nSPS) is 52.4. The average Bonchev–Trinajstić information content (AvgIpc) is 2.27. The van der Waals surface area contributed by atoms with Gasteiger partial charge in [0.2, 0.25) is 0 Å². The first-order valence-corrected chi connectivity index (χ1v) is 6.88. The molecule has 3 heteroatoms. The lowest BCUT2D eigenvalue weighted by Crippen LogP contribution is -2.42. The molecule has 4 atom stereocenters. The number of hydrogen-bond acceptors (Lipinski definition) is 0. The van der Waals surface area contributed by atoms with Gasteiger partial charge in [-0.25, -0.2) is 13.2 Å². The summed E-state index contributed by atoms with van der Waals surface area (Å²) in [5.74, 6) is -0.131. The van der Waals surface area contributed by atoms with Crippen molar-refractivity contribution in [2.45, 2.75) is 70.4 Å². The fourth-order valence-electron chi connectivity index (χ4n) is 3.49. The van der Waals surface area contributed by atoms with E-state index in [0.717, 1.165) is 25.7 Å². The zero-order valence-corrected chi connectivity index (χ0v) is 10.8. The van der Waals surface area contributed by atoms with Gasteiger partial charge in [0.05, 0.1) is 0 Å². The van der Waals surface area contributed by atoms with Crippen molar-refractivity contribution in [1.82, 2.24) is 0 Å². The summed E-state index contributed by atoms with van der Waals surface area (Å²) in [5, 5.41) is 0. The van der Waals surface area contributed by atoms with Gasteiger partial charge in [0.1, 0.15) is 18.0 Å². The molecule has 4 unspecified atom stereocenters.